The van der Waals surface area contributed by atoms with E-state index in [0.717, 1.165) is 11.1 Å². The fraction of sp³-hybridized carbons (Fsp3) is 0.200. The zero-order valence-electron chi connectivity index (χ0n) is 10.8. The number of phenolic OH excluding ortho intramolecular Hbond substituents is 1. The van der Waals surface area contributed by atoms with E-state index < -0.39 is 0 Å². The van der Waals surface area contributed by atoms with Gasteiger partial charge < -0.3 is 10.4 Å². The maximum atomic E-state index is 12.9. The van der Waals surface area contributed by atoms with Crippen molar-refractivity contribution in [2.45, 2.75) is 19.5 Å². The smallest absolute Gasteiger partial charge is 0.143 e. The summed E-state index contributed by atoms with van der Waals surface area (Å²) in [5, 5.41) is 13.0. The molecule has 0 aliphatic heterocycles. The van der Waals surface area contributed by atoms with Gasteiger partial charge in [0.15, 0.2) is 0 Å². The van der Waals surface area contributed by atoms with Gasteiger partial charge in [-0.3, -0.25) is 0 Å². The van der Waals surface area contributed by atoms with Gasteiger partial charge in [-0.1, -0.05) is 12.1 Å². The van der Waals surface area contributed by atoms with Crippen molar-refractivity contribution < 1.29 is 9.50 Å². The Hall–Kier alpha value is -0.910. The van der Waals surface area contributed by atoms with Gasteiger partial charge in [-0.05, 0) is 74.2 Å². The summed E-state index contributed by atoms with van der Waals surface area (Å²) in [4.78, 5) is 0. The molecule has 5 heteroatoms. The van der Waals surface area contributed by atoms with Crippen LogP contribution in [0.4, 0.5) is 4.39 Å². The summed E-state index contributed by atoms with van der Waals surface area (Å²) in [5.74, 6) is -0.0346. The largest absolute Gasteiger partial charge is 0.506 e. The summed E-state index contributed by atoms with van der Waals surface area (Å²) in [6, 6.07) is 10.3. The molecule has 0 bridgehead atoms. The molecule has 0 saturated carbocycles. The fourth-order valence-electron chi connectivity index (χ4n) is 1.86. The highest BCUT2D eigenvalue weighted by Gasteiger charge is 2.08. The van der Waals surface area contributed by atoms with Gasteiger partial charge in [-0.15, -0.1) is 0 Å². The van der Waals surface area contributed by atoms with Gasteiger partial charge in [0, 0.05) is 12.6 Å². The Balaban J connectivity index is 2.03. The van der Waals surface area contributed by atoms with Crippen LogP contribution in [-0.4, -0.2) is 5.11 Å². The first-order valence-electron chi connectivity index (χ1n) is 6.13. The average molecular weight is 403 g/mol. The zero-order valence-corrected chi connectivity index (χ0v) is 14.0. The Bertz CT molecular complexity index is 578. The lowest BCUT2D eigenvalue weighted by atomic mass is 10.1. The van der Waals surface area contributed by atoms with Gasteiger partial charge in [0.2, 0.25) is 0 Å². The van der Waals surface area contributed by atoms with Gasteiger partial charge in [-0.2, -0.15) is 0 Å². The highest BCUT2D eigenvalue weighted by atomic mass is 79.9. The molecule has 1 unspecified atom stereocenters. The van der Waals surface area contributed by atoms with E-state index in [0.29, 0.717) is 15.5 Å². The topological polar surface area (TPSA) is 32.3 Å². The predicted molar refractivity (Wildman–Crippen MR) is 85.2 cm³/mol. The van der Waals surface area contributed by atoms with Crippen molar-refractivity contribution in [2.75, 3.05) is 0 Å². The molecule has 2 N–H and O–H groups in total. The highest BCUT2D eigenvalue weighted by molar-refractivity contribution is 9.11. The number of hydrogen-bond acceptors (Lipinski definition) is 2. The van der Waals surface area contributed by atoms with E-state index in [9.17, 15) is 9.50 Å². The minimum Gasteiger partial charge on any atom is -0.506 e. The monoisotopic (exact) mass is 401 g/mol. The van der Waals surface area contributed by atoms with E-state index in [2.05, 4.69) is 37.2 Å². The second kappa shape index (κ2) is 6.70. The molecular formula is C15H14Br2FNO. The number of phenols is 1. The number of rotatable bonds is 4. The SMILES string of the molecule is CC(NCc1cc(Br)c(O)c(Br)c1)c1ccc(F)cc1. The molecule has 0 saturated heterocycles. The summed E-state index contributed by atoms with van der Waals surface area (Å²) in [6.45, 7) is 2.67. The molecule has 0 aliphatic carbocycles. The first-order chi connectivity index (χ1) is 9.47. The van der Waals surface area contributed by atoms with E-state index >= 15 is 0 Å². The van der Waals surface area contributed by atoms with Crippen molar-refractivity contribution in [1.29, 1.82) is 0 Å². The van der Waals surface area contributed by atoms with Crippen molar-refractivity contribution >= 4 is 31.9 Å². The second-order valence-corrected chi connectivity index (χ2v) is 6.27. The Morgan fingerprint density at radius 1 is 1.15 bits per heavy atom. The Labute approximate surface area is 134 Å². The van der Waals surface area contributed by atoms with Gasteiger partial charge in [-0.25, -0.2) is 4.39 Å². The van der Waals surface area contributed by atoms with Gasteiger partial charge in [0.1, 0.15) is 11.6 Å². The summed E-state index contributed by atoms with van der Waals surface area (Å²) in [6.07, 6.45) is 0. The van der Waals surface area contributed by atoms with E-state index in [1.807, 2.05) is 19.1 Å². The predicted octanol–water partition coefficient (Wildman–Crippen LogP) is 4.91. The molecule has 0 heterocycles. The first-order valence-corrected chi connectivity index (χ1v) is 7.71. The normalized spacial score (nSPS) is 12.4. The maximum Gasteiger partial charge on any atom is 0.143 e. The summed E-state index contributed by atoms with van der Waals surface area (Å²) in [5.41, 5.74) is 2.07. The van der Waals surface area contributed by atoms with Gasteiger partial charge in [0.25, 0.3) is 0 Å². The van der Waals surface area contributed by atoms with Crippen molar-refractivity contribution in [3.63, 3.8) is 0 Å². The molecular weight excluding hydrogens is 389 g/mol. The number of nitrogens with one attached hydrogen (secondary N) is 1. The highest BCUT2D eigenvalue weighted by Crippen LogP contribution is 2.33. The van der Waals surface area contributed by atoms with Crippen molar-refractivity contribution in [1.82, 2.24) is 5.32 Å². The zero-order chi connectivity index (χ0) is 14.7. The molecule has 0 fully saturated rings. The molecule has 20 heavy (non-hydrogen) atoms. The Kier molecular flexibility index (Phi) is 5.18. The lowest BCUT2D eigenvalue weighted by molar-refractivity contribution is 0.467. The van der Waals surface area contributed by atoms with Gasteiger partial charge in [0.05, 0.1) is 8.95 Å². The van der Waals surface area contributed by atoms with Crippen LogP contribution in [0, 0.1) is 5.82 Å². The van der Waals surface area contributed by atoms with Crippen molar-refractivity contribution in [3.8, 4) is 5.75 Å². The lowest BCUT2D eigenvalue weighted by Gasteiger charge is -2.15. The van der Waals surface area contributed by atoms with Crippen LogP contribution in [-0.2, 0) is 6.54 Å². The molecule has 2 aromatic carbocycles. The molecule has 0 spiro atoms. The number of aromatic hydroxyl groups is 1. The second-order valence-electron chi connectivity index (χ2n) is 4.56. The molecule has 2 rings (SSSR count). The van der Waals surface area contributed by atoms with Gasteiger partial charge >= 0.3 is 0 Å². The van der Waals surface area contributed by atoms with Crippen LogP contribution >= 0.6 is 31.9 Å². The molecule has 106 valence electrons. The minimum absolute atomic E-state index is 0.113. The van der Waals surface area contributed by atoms with Crippen LogP contribution in [0.1, 0.15) is 24.1 Å². The summed E-state index contributed by atoms with van der Waals surface area (Å²) >= 11 is 6.61. The standard InChI is InChI=1S/C15H14Br2FNO/c1-9(11-2-4-12(18)5-3-11)19-8-10-6-13(16)15(20)14(17)7-10/h2-7,9,19-20H,8H2,1H3. The van der Waals surface area contributed by atoms with E-state index in [-0.39, 0.29) is 17.6 Å². The average Bonchev–Trinajstić information content (AvgIpc) is 2.42. The van der Waals surface area contributed by atoms with Crippen LogP contribution < -0.4 is 5.32 Å². The Morgan fingerprint density at radius 2 is 1.70 bits per heavy atom. The molecule has 0 aliphatic rings. The third-order valence-electron chi connectivity index (χ3n) is 3.06. The third-order valence-corrected chi connectivity index (χ3v) is 4.27. The number of hydrogen-bond donors (Lipinski definition) is 2. The summed E-state index contributed by atoms with van der Waals surface area (Å²) in [7, 11) is 0. The van der Waals surface area contributed by atoms with E-state index in [1.165, 1.54) is 12.1 Å². The molecule has 0 aromatic heterocycles. The number of halogens is 3. The van der Waals surface area contributed by atoms with Crippen LogP contribution in [0.3, 0.4) is 0 Å². The Morgan fingerprint density at radius 3 is 2.25 bits per heavy atom. The summed E-state index contributed by atoms with van der Waals surface area (Å²) < 4.78 is 14.2. The van der Waals surface area contributed by atoms with Crippen LogP contribution in [0.25, 0.3) is 0 Å². The molecule has 0 radical (unpaired) electrons. The van der Waals surface area contributed by atoms with Crippen LogP contribution in [0.15, 0.2) is 45.3 Å². The third kappa shape index (κ3) is 3.81. The lowest BCUT2D eigenvalue weighted by Crippen LogP contribution is -2.18. The van der Waals surface area contributed by atoms with Crippen molar-refractivity contribution in [2.24, 2.45) is 0 Å². The van der Waals surface area contributed by atoms with E-state index in [1.54, 1.807) is 12.1 Å². The van der Waals surface area contributed by atoms with Crippen LogP contribution in [0.5, 0.6) is 5.75 Å². The molecule has 2 aromatic rings. The first kappa shape index (κ1) is 15.5. The fourth-order valence-corrected chi connectivity index (χ4v) is 3.14. The van der Waals surface area contributed by atoms with Crippen molar-refractivity contribution in [3.05, 3.63) is 62.3 Å². The molecule has 1 atom stereocenters. The molecule has 2 nitrogen and oxygen atoms in total. The van der Waals surface area contributed by atoms with E-state index in [4.69, 9.17) is 0 Å². The maximum absolute atomic E-state index is 12.9. The van der Waals surface area contributed by atoms with Crippen LogP contribution in [0.2, 0.25) is 0 Å². The molecule has 0 amide bonds. The quantitative estimate of drug-likeness (QED) is 0.761. The minimum atomic E-state index is -0.229. The number of benzene rings is 2.